The summed E-state index contributed by atoms with van der Waals surface area (Å²) in [6.07, 6.45) is 9.33. The second-order valence-corrected chi connectivity index (χ2v) is 7.31. The van der Waals surface area contributed by atoms with Crippen LogP contribution in [0.25, 0.3) is 0 Å². The second-order valence-electron chi connectivity index (χ2n) is 7.31. The van der Waals surface area contributed by atoms with Crippen LogP contribution in [-0.4, -0.2) is 49.5 Å². The maximum absolute atomic E-state index is 11.1. The molecular formula is C19H35N3O4. The number of unbranched alkanes of at least 4 members (excludes halogenated alkanes) is 4. The standard InChI is InChI=1S/C19H35N3O4/c1-3-4-5-6-7-9-14(2)17-21-12-15(22-17)10-8-11-16(24)19(20,13-23)18(25)26/h12,14,16,23-24H,3-11,13,20H2,1-2H3,(H,21,22)(H,25,26). The normalized spacial score (nSPS) is 16.2. The van der Waals surface area contributed by atoms with Gasteiger partial charge in [0.1, 0.15) is 5.82 Å². The van der Waals surface area contributed by atoms with Gasteiger partial charge < -0.3 is 26.0 Å². The molecule has 6 N–H and O–H groups in total. The Kier molecular flexibility index (Phi) is 9.83. The number of aliphatic carboxylic acids is 1. The molecule has 0 saturated heterocycles. The smallest absolute Gasteiger partial charge is 0.328 e. The van der Waals surface area contributed by atoms with Gasteiger partial charge in [0, 0.05) is 17.8 Å². The van der Waals surface area contributed by atoms with Gasteiger partial charge in [0.15, 0.2) is 5.54 Å². The van der Waals surface area contributed by atoms with Crippen LogP contribution in [0.4, 0.5) is 0 Å². The van der Waals surface area contributed by atoms with Crippen molar-refractivity contribution < 1.29 is 20.1 Å². The quantitative estimate of drug-likeness (QED) is 0.320. The Balaban J connectivity index is 2.38. The van der Waals surface area contributed by atoms with Gasteiger partial charge in [0.2, 0.25) is 0 Å². The van der Waals surface area contributed by atoms with E-state index in [1.165, 1.54) is 32.1 Å². The Morgan fingerprint density at radius 2 is 1.96 bits per heavy atom. The molecule has 0 aliphatic heterocycles. The largest absolute Gasteiger partial charge is 0.480 e. The molecule has 0 aliphatic rings. The molecule has 150 valence electrons. The first-order valence-electron chi connectivity index (χ1n) is 9.70. The molecule has 0 fully saturated rings. The van der Waals surface area contributed by atoms with E-state index in [1.807, 2.05) is 0 Å². The molecule has 1 aromatic rings. The number of aliphatic hydroxyl groups is 2. The minimum atomic E-state index is -2.01. The maximum Gasteiger partial charge on any atom is 0.328 e. The number of hydrogen-bond acceptors (Lipinski definition) is 5. The van der Waals surface area contributed by atoms with E-state index in [9.17, 15) is 9.90 Å². The lowest BCUT2D eigenvalue weighted by Gasteiger charge is -2.27. The van der Waals surface area contributed by atoms with Gasteiger partial charge in [-0.25, -0.2) is 4.98 Å². The average Bonchev–Trinajstić information content (AvgIpc) is 3.09. The van der Waals surface area contributed by atoms with Crippen LogP contribution < -0.4 is 5.73 Å². The topological polar surface area (TPSA) is 132 Å². The molecule has 1 rings (SSSR count). The number of aryl methyl sites for hydroxylation is 1. The number of H-pyrrole nitrogens is 1. The number of carboxylic acid groups (broad SMARTS) is 1. The summed E-state index contributed by atoms with van der Waals surface area (Å²) in [5.41, 5.74) is 4.52. The van der Waals surface area contributed by atoms with Crippen molar-refractivity contribution >= 4 is 5.97 Å². The van der Waals surface area contributed by atoms with Crippen LogP contribution in [0.2, 0.25) is 0 Å². The third kappa shape index (κ3) is 6.70. The van der Waals surface area contributed by atoms with E-state index >= 15 is 0 Å². The Hall–Kier alpha value is -1.44. The van der Waals surface area contributed by atoms with Gasteiger partial charge in [-0.15, -0.1) is 0 Å². The van der Waals surface area contributed by atoms with Crippen molar-refractivity contribution in [3.05, 3.63) is 17.7 Å². The van der Waals surface area contributed by atoms with Crippen LogP contribution in [0.1, 0.15) is 82.7 Å². The van der Waals surface area contributed by atoms with Crippen LogP contribution in [-0.2, 0) is 11.2 Å². The van der Waals surface area contributed by atoms with E-state index in [-0.39, 0.29) is 6.42 Å². The summed E-state index contributed by atoms with van der Waals surface area (Å²) in [7, 11) is 0. The van der Waals surface area contributed by atoms with Crippen LogP contribution >= 0.6 is 0 Å². The summed E-state index contributed by atoms with van der Waals surface area (Å²) in [6, 6.07) is 0. The van der Waals surface area contributed by atoms with E-state index < -0.39 is 24.2 Å². The second kappa shape index (κ2) is 11.3. The molecule has 3 atom stereocenters. The third-order valence-electron chi connectivity index (χ3n) is 5.03. The predicted octanol–water partition coefficient (Wildman–Crippen LogP) is 2.33. The maximum atomic E-state index is 11.1. The van der Waals surface area contributed by atoms with Crippen LogP contribution in [0, 0.1) is 0 Å². The fraction of sp³-hybridized carbons (Fsp3) is 0.789. The Labute approximate surface area is 156 Å². The Bertz CT molecular complexity index is 535. The van der Waals surface area contributed by atoms with Crippen LogP contribution in [0.15, 0.2) is 6.20 Å². The van der Waals surface area contributed by atoms with Crippen molar-refractivity contribution in [1.82, 2.24) is 9.97 Å². The molecule has 0 saturated carbocycles. The van der Waals surface area contributed by atoms with Crippen molar-refractivity contribution in [2.75, 3.05) is 6.61 Å². The molecule has 7 nitrogen and oxygen atoms in total. The monoisotopic (exact) mass is 369 g/mol. The predicted molar refractivity (Wildman–Crippen MR) is 101 cm³/mol. The van der Waals surface area contributed by atoms with Crippen molar-refractivity contribution in [3.8, 4) is 0 Å². The summed E-state index contributed by atoms with van der Waals surface area (Å²) >= 11 is 0. The average molecular weight is 370 g/mol. The highest BCUT2D eigenvalue weighted by Crippen LogP contribution is 2.21. The molecule has 0 bridgehead atoms. The first-order chi connectivity index (χ1) is 12.3. The van der Waals surface area contributed by atoms with E-state index in [0.29, 0.717) is 18.8 Å². The summed E-state index contributed by atoms with van der Waals surface area (Å²) in [6.45, 7) is 3.58. The number of nitrogens with one attached hydrogen (secondary N) is 1. The highest BCUT2D eigenvalue weighted by Gasteiger charge is 2.40. The molecular weight excluding hydrogens is 334 g/mol. The summed E-state index contributed by atoms with van der Waals surface area (Å²) in [5, 5.41) is 28.2. The minimum absolute atomic E-state index is 0.199. The zero-order chi connectivity index (χ0) is 19.6. The number of nitrogens with two attached hydrogens (primary N) is 1. The fourth-order valence-electron chi connectivity index (χ4n) is 3.00. The Morgan fingerprint density at radius 3 is 2.58 bits per heavy atom. The Morgan fingerprint density at radius 1 is 1.27 bits per heavy atom. The van der Waals surface area contributed by atoms with E-state index in [4.69, 9.17) is 15.9 Å². The first-order valence-corrected chi connectivity index (χ1v) is 9.70. The SMILES string of the molecule is CCCCCCCC(C)c1ncc(CCCC(O)C(N)(CO)C(=O)O)[nH]1. The minimum Gasteiger partial charge on any atom is -0.480 e. The van der Waals surface area contributed by atoms with Gasteiger partial charge in [-0.2, -0.15) is 0 Å². The van der Waals surface area contributed by atoms with Gasteiger partial charge in [-0.3, -0.25) is 4.79 Å². The zero-order valence-electron chi connectivity index (χ0n) is 16.1. The number of carboxylic acids is 1. The number of carbonyl (C=O) groups is 1. The molecule has 0 aromatic carbocycles. The van der Waals surface area contributed by atoms with E-state index in [0.717, 1.165) is 17.9 Å². The number of rotatable bonds is 14. The molecule has 0 aliphatic carbocycles. The molecule has 1 aromatic heterocycles. The lowest BCUT2D eigenvalue weighted by atomic mass is 9.91. The zero-order valence-corrected chi connectivity index (χ0v) is 16.1. The highest BCUT2D eigenvalue weighted by molar-refractivity contribution is 5.79. The lowest BCUT2D eigenvalue weighted by molar-refractivity contribution is -0.150. The summed E-state index contributed by atoms with van der Waals surface area (Å²) < 4.78 is 0. The number of aliphatic hydroxyl groups excluding tert-OH is 2. The number of imidazole rings is 1. The van der Waals surface area contributed by atoms with Crippen molar-refractivity contribution in [2.24, 2.45) is 5.73 Å². The molecule has 0 amide bonds. The molecule has 26 heavy (non-hydrogen) atoms. The molecule has 0 spiro atoms. The van der Waals surface area contributed by atoms with Gasteiger partial charge in [0.25, 0.3) is 0 Å². The van der Waals surface area contributed by atoms with E-state index in [2.05, 4.69) is 23.8 Å². The summed E-state index contributed by atoms with van der Waals surface area (Å²) in [4.78, 5) is 18.9. The van der Waals surface area contributed by atoms with Gasteiger partial charge in [-0.05, 0) is 25.7 Å². The lowest BCUT2D eigenvalue weighted by Crippen LogP contribution is -2.60. The fourth-order valence-corrected chi connectivity index (χ4v) is 3.00. The van der Waals surface area contributed by atoms with Crippen LogP contribution in [0.3, 0.4) is 0 Å². The van der Waals surface area contributed by atoms with Gasteiger partial charge >= 0.3 is 5.97 Å². The third-order valence-corrected chi connectivity index (χ3v) is 5.03. The first kappa shape index (κ1) is 22.6. The van der Waals surface area contributed by atoms with Gasteiger partial charge in [-0.1, -0.05) is 46.0 Å². The summed E-state index contributed by atoms with van der Waals surface area (Å²) in [5.74, 6) is -0.0387. The highest BCUT2D eigenvalue weighted by atomic mass is 16.4. The molecule has 0 radical (unpaired) electrons. The van der Waals surface area contributed by atoms with Crippen LogP contribution in [0.5, 0.6) is 0 Å². The molecule has 3 unspecified atom stereocenters. The number of aromatic nitrogens is 2. The van der Waals surface area contributed by atoms with Crippen molar-refractivity contribution in [1.29, 1.82) is 0 Å². The molecule has 1 heterocycles. The van der Waals surface area contributed by atoms with E-state index in [1.54, 1.807) is 6.20 Å². The van der Waals surface area contributed by atoms with Crippen molar-refractivity contribution in [3.63, 3.8) is 0 Å². The number of aromatic amines is 1. The van der Waals surface area contributed by atoms with Crippen molar-refractivity contribution in [2.45, 2.75) is 89.2 Å². The van der Waals surface area contributed by atoms with Gasteiger partial charge in [0.05, 0.1) is 12.7 Å². The molecule has 7 heteroatoms. The number of nitrogens with zero attached hydrogens (tertiary/aromatic N) is 1. The number of hydrogen-bond donors (Lipinski definition) is 5.